The largest absolute Gasteiger partial charge is 0.493 e. The minimum Gasteiger partial charge on any atom is -0.493 e. The van der Waals surface area contributed by atoms with Crippen LogP contribution in [0.3, 0.4) is 0 Å². The van der Waals surface area contributed by atoms with Crippen molar-refractivity contribution in [2.45, 2.75) is 6.10 Å². The zero-order chi connectivity index (χ0) is 22.5. The lowest BCUT2D eigenvalue weighted by molar-refractivity contribution is -0.0354. The van der Waals surface area contributed by atoms with Crippen LogP contribution in [0.25, 0.3) is 22.3 Å². The van der Waals surface area contributed by atoms with Gasteiger partial charge in [-0.1, -0.05) is 0 Å². The maximum absolute atomic E-state index is 11.9. The molecular weight excluding hydrogens is 414 g/mol. The summed E-state index contributed by atoms with van der Waals surface area (Å²) in [4.78, 5) is 27.1. The van der Waals surface area contributed by atoms with Gasteiger partial charge in [0.05, 0.1) is 38.6 Å². The fourth-order valence-corrected chi connectivity index (χ4v) is 3.52. The van der Waals surface area contributed by atoms with Gasteiger partial charge in [0, 0.05) is 31.5 Å². The van der Waals surface area contributed by atoms with Crippen molar-refractivity contribution in [3.8, 4) is 28.6 Å². The first-order chi connectivity index (χ1) is 15.6. The lowest BCUT2D eigenvalue weighted by Crippen LogP contribution is -2.50. The van der Waals surface area contributed by atoms with Gasteiger partial charge in [0.2, 0.25) is 5.88 Å². The summed E-state index contributed by atoms with van der Waals surface area (Å²) >= 11 is 0. The van der Waals surface area contributed by atoms with Crippen LogP contribution in [0, 0.1) is 0 Å². The fraction of sp³-hybridized carbons (Fsp3) is 0.364. The third-order valence-corrected chi connectivity index (χ3v) is 5.15. The highest BCUT2D eigenvalue weighted by molar-refractivity contribution is 5.83. The van der Waals surface area contributed by atoms with E-state index in [1.807, 2.05) is 24.3 Å². The molecule has 0 radical (unpaired) electrons. The summed E-state index contributed by atoms with van der Waals surface area (Å²) in [6, 6.07) is 7.27. The van der Waals surface area contributed by atoms with Gasteiger partial charge in [0.1, 0.15) is 12.7 Å². The van der Waals surface area contributed by atoms with Crippen LogP contribution in [0.4, 0.5) is 4.79 Å². The molecule has 4 rings (SSSR count). The summed E-state index contributed by atoms with van der Waals surface area (Å²) in [6.07, 6.45) is 2.94. The minimum atomic E-state index is -0.278. The van der Waals surface area contributed by atoms with E-state index in [0.29, 0.717) is 53.8 Å². The topological polar surface area (TPSA) is 108 Å². The molecule has 0 bridgehead atoms. The highest BCUT2D eigenvalue weighted by Gasteiger charge is 2.25. The zero-order valence-electron chi connectivity index (χ0n) is 18.2. The number of hydrogen-bond acceptors (Lipinski definition) is 8. The van der Waals surface area contributed by atoms with Gasteiger partial charge in [-0.05, 0) is 24.3 Å². The van der Waals surface area contributed by atoms with Gasteiger partial charge >= 0.3 is 6.03 Å². The molecular formula is C22H25N5O5. The molecule has 10 heteroatoms. The Labute approximate surface area is 185 Å². The average Bonchev–Trinajstić information content (AvgIpc) is 2.86. The van der Waals surface area contributed by atoms with Crippen LogP contribution in [0.5, 0.6) is 17.4 Å². The molecule has 1 aliphatic heterocycles. The molecule has 1 atom stereocenters. The van der Waals surface area contributed by atoms with Crippen LogP contribution < -0.4 is 19.5 Å². The average molecular weight is 439 g/mol. The van der Waals surface area contributed by atoms with Gasteiger partial charge < -0.3 is 29.2 Å². The maximum atomic E-state index is 11.9. The number of nitrogens with one attached hydrogen (secondary N) is 1. The second-order valence-corrected chi connectivity index (χ2v) is 7.11. The van der Waals surface area contributed by atoms with E-state index in [1.165, 1.54) is 0 Å². The molecule has 2 aromatic heterocycles. The summed E-state index contributed by atoms with van der Waals surface area (Å²) in [5, 5.41) is 2.64. The number of carbonyl (C=O) groups excluding carboxylic acids is 1. The van der Waals surface area contributed by atoms with Gasteiger partial charge in [-0.15, -0.1) is 0 Å². The summed E-state index contributed by atoms with van der Waals surface area (Å²) in [5.41, 5.74) is 2.68. The van der Waals surface area contributed by atoms with Crippen LogP contribution >= 0.6 is 0 Å². The number of amides is 2. The number of rotatable bonds is 6. The normalized spacial score (nSPS) is 16.0. The van der Waals surface area contributed by atoms with Crippen LogP contribution in [-0.2, 0) is 4.74 Å². The van der Waals surface area contributed by atoms with Crippen LogP contribution in [-0.4, -0.2) is 79.6 Å². The third-order valence-electron chi connectivity index (χ3n) is 5.15. The van der Waals surface area contributed by atoms with Crippen molar-refractivity contribution in [1.29, 1.82) is 0 Å². The lowest BCUT2D eigenvalue weighted by atomic mass is 10.1. The predicted octanol–water partition coefficient (Wildman–Crippen LogP) is 2.13. The molecule has 1 saturated heterocycles. The molecule has 0 unspecified atom stereocenters. The van der Waals surface area contributed by atoms with E-state index in [4.69, 9.17) is 18.9 Å². The Bertz CT molecular complexity index is 1110. The molecule has 168 valence electrons. The number of pyridine rings is 1. The van der Waals surface area contributed by atoms with E-state index in [2.05, 4.69) is 20.3 Å². The van der Waals surface area contributed by atoms with Crippen molar-refractivity contribution >= 4 is 17.1 Å². The third kappa shape index (κ3) is 4.50. The molecule has 3 aromatic rings. The first-order valence-electron chi connectivity index (χ1n) is 10.2. The Morgan fingerprint density at radius 3 is 2.78 bits per heavy atom. The molecule has 1 fully saturated rings. The number of urea groups is 1. The number of fused-ring (bicyclic) bond motifs is 1. The Kier molecular flexibility index (Phi) is 6.50. The van der Waals surface area contributed by atoms with Crippen LogP contribution in [0.1, 0.15) is 0 Å². The quantitative estimate of drug-likeness (QED) is 0.622. The SMILES string of the molecule is CNC(=O)N1CCO[C@H](COc2nc(-c3ccc(OC)c(OC)c3)cc3nccnc23)C1. The van der Waals surface area contributed by atoms with Gasteiger partial charge in [0.25, 0.3) is 0 Å². The van der Waals surface area contributed by atoms with E-state index >= 15 is 0 Å². The van der Waals surface area contributed by atoms with Crippen molar-refractivity contribution < 1.29 is 23.7 Å². The Hall–Kier alpha value is -3.66. The molecule has 0 aliphatic carbocycles. The summed E-state index contributed by atoms with van der Waals surface area (Å²) in [7, 11) is 4.78. The van der Waals surface area contributed by atoms with Crippen molar-refractivity contribution in [3.63, 3.8) is 0 Å². The van der Waals surface area contributed by atoms with E-state index < -0.39 is 0 Å². The number of morpholine rings is 1. The number of hydrogen-bond donors (Lipinski definition) is 1. The molecule has 1 aliphatic rings. The van der Waals surface area contributed by atoms with Crippen molar-refractivity contribution in [1.82, 2.24) is 25.2 Å². The lowest BCUT2D eigenvalue weighted by Gasteiger charge is -2.32. The minimum absolute atomic E-state index is 0.136. The van der Waals surface area contributed by atoms with Crippen molar-refractivity contribution in [2.24, 2.45) is 0 Å². The molecule has 0 spiro atoms. The highest BCUT2D eigenvalue weighted by Crippen LogP contribution is 2.33. The van der Waals surface area contributed by atoms with E-state index in [9.17, 15) is 4.79 Å². The van der Waals surface area contributed by atoms with E-state index in [1.54, 1.807) is 38.6 Å². The van der Waals surface area contributed by atoms with Crippen LogP contribution in [0.2, 0.25) is 0 Å². The highest BCUT2D eigenvalue weighted by atomic mass is 16.5. The number of carbonyl (C=O) groups is 1. The van der Waals surface area contributed by atoms with Crippen molar-refractivity contribution in [3.05, 3.63) is 36.7 Å². The zero-order valence-corrected chi connectivity index (χ0v) is 18.2. The van der Waals surface area contributed by atoms with Gasteiger partial charge in [-0.25, -0.2) is 14.8 Å². The molecule has 10 nitrogen and oxygen atoms in total. The van der Waals surface area contributed by atoms with E-state index in [-0.39, 0.29) is 18.7 Å². The summed E-state index contributed by atoms with van der Waals surface area (Å²) in [5.74, 6) is 1.57. The molecule has 32 heavy (non-hydrogen) atoms. The van der Waals surface area contributed by atoms with Gasteiger partial charge in [0.15, 0.2) is 17.0 Å². The molecule has 2 amide bonds. The Morgan fingerprint density at radius 2 is 2.00 bits per heavy atom. The first kappa shape index (κ1) is 21.6. The smallest absolute Gasteiger partial charge is 0.317 e. The standard InChI is InChI=1S/C22H25N5O5/c1-23-22(28)27-8-9-31-15(12-27)13-32-21-20-17(24-6-7-25-20)11-16(26-21)14-4-5-18(29-2)19(10-14)30-3/h4-7,10-11,15H,8-9,12-13H2,1-3H3,(H,23,28)/t15-/m0/s1. The van der Waals surface area contributed by atoms with E-state index in [0.717, 1.165) is 5.56 Å². The number of methoxy groups -OCH3 is 2. The van der Waals surface area contributed by atoms with Gasteiger partial charge in [-0.2, -0.15) is 0 Å². The number of aromatic nitrogens is 3. The molecule has 1 aromatic carbocycles. The number of ether oxygens (including phenoxy) is 4. The second-order valence-electron chi connectivity index (χ2n) is 7.11. The summed E-state index contributed by atoms with van der Waals surface area (Å²) < 4.78 is 22.5. The maximum Gasteiger partial charge on any atom is 0.317 e. The number of benzene rings is 1. The summed E-state index contributed by atoms with van der Waals surface area (Å²) in [6.45, 7) is 1.64. The predicted molar refractivity (Wildman–Crippen MR) is 117 cm³/mol. The Balaban J connectivity index is 1.61. The molecule has 3 heterocycles. The fourth-order valence-electron chi connectivity index (χ4n) is 3.52. The molecule has 1 N–H and O–H groups in total. The number of nitrogens with zero attached hydrogens (tertiary/aromatic N) is 4. The van der Waals surface area contributed by atoms with Crippen LogP contribution in [0.15, 0.2) is 36.7 Å². The molecule has 0 saturated carbocycles. The monoisotopic (exact) mass is 439 g/mol. The van der Waals surface area contributed by atoms with Crippen molar-refractivity contribution in [2.75, 3.05) is 47.6 Å². The second kappa shape index (κ2) is 9.65. The first-order valence-corrected chi connectivity index (χ1v) is 10.2. The Morgan fingerprint density at radius 1 is 1.19 bits per heavy atom. The van der Waals surface area contributed by atoms with Gasteiger partial charge in [-0.3, -0.25) is 4.98 Å².